The number of guanidine groups is 1. The number of likely N-dealkylation sites (tertiary alicyclic amines) is 1. The van der Waals surface area contributed by atoms with E-state index in [1.54, 1.807) is 0 Å². The van der Waals surface area contributed by atoms with E-state index in [4.69, 9.17) is 4.74 Å². The second-order valence-electron chi connectivity index (χ2n) is 5.67. The highest BCUT2D eigenvalue weighted by atomic mass is 127. The van der Waals surface area contributed by atoms with E-state index in [-0.39, 0.29) is 30.6 Å². The highest BCUT2D eigenvalue weighted by Crippen LogP contribution is 2.12. The first-order valence-electron chi connectivity index (χ1n) is 8.10. The third-order valence-electron chi connectivity index (χ3n) is 3.62. The molecule has 23 heavy (non-hydrogen) atoms. The summed E-state index contributed by atoms with van der Waals surface area (Å²) < 4.78 is 5.61. The molecule has 1 aliphatic rings. The fourth-order valence-corrected chi connectivity index (χ4v) is 2.50. The van der Waals surface area contributed by atoms with Gasteiger partial charge in [-0.1, -0.05) is 12.1 Å². The smallest absolute Gasteiger partial charge is 0.194 e. The zero-order valence-corrected chi connectivity index (χ0v) is 16.3. The number of aliphatic hydroxyl groups excluding tert-OH is 1. The van der Waals surface area contributed by atoms with Crippen LogP contribution in [0.15, 0.2) is 29.3 Å². The molecule has 0 bridgehead atoms. The summed E-state index contributed by atoms with van der Waals surface area (Å²) in [5.74, 6) is 1.68. The predicted molar refractivity (Wildman–Crippen MR) is 105 cm³/mol. The van der Waals surface area contributed by atoms with Gasteiger partial charge >= 0.3 is 0 Å². The van der Waals surface area contributed by atoms with Gasteiger partial charge in [-0.3, -0.25) is 4.99 Å². The molecule has 0 amide bonds. The maximum Gasteiger partial charge on any atom is 0.194 e. The van der Waals surface area contributed by atoms with Crippen molar-refractivity contribution in [2.45, 2.75) is 32.8 Å². The molecular formula is C17H28IN3O2. The molecule has 0 radical (unpaired) electrons. The van der Waals surface area contributed by atoms with Gasteiger partial charge in [-0.25, -0.2) is 0 Å². The van der Waals surface area contributed by atoms with Crippen LogP contribution < -0.4 is 10.1 Å². The highest BCUT2D eigenvalue weighted by molar-refractivity contribution is 14.0. The zero-order chi connectivity index (χ0) is 15.8. The van der Waals surface area contributed by atoms with Gasteiger partial charge in [0.2, 0.25) is 0 Å². The number of halogens is 1. The molecular weight excluding hydrogens is 405 g/mol. The van der Waals surface area contributed by atoms with Crippen molar-refractivity contribution in [3.63, 3.8) is 0 Å². The van der Waals surface area contributed by atoms with Crippen molar-refractivity contribution in [3.8, 4) is 5.75 Å². The van der Waals surface area contributed by atoms with Crippen molar-refractivity contribution in [1.82, 2.24) is 10.2 Å². The van der Waals surface area contributed by atoms with Crippen LogP contribution in [-0.4, -0.2) is 54.9 Å². The first-order chi connectivity index (χ1) is 10.7. The number of nitrogens with zero attached hydrogens (tertiary/aromatic N) is 2. The maximum absolute atomic E-state index is 10.1. The van der Waals surface area contributed by atoms with Gasteiger partial charge in [0.1, 0.15) is 18.5 Å². The van der Waals surface area contributed by atoms with Gasteiger partial charge in [-0.05, 0) is 44.4 Å². The van der Waals surface area contributed by atoms with E-state index in [1.165, 1.54) is 12.8 Å². The Hall–Kier alpha value is -1.02. The molecule has 1 unspecified atom stereocenters. The van der Waals surface area contributed by atoms with Gasteiger partial charge in [-0.2, -0.15) is 0 Å². The molecule has 5 nitrogen and oxygen atoms in total. The fourth-order valence-electron chi connectivity index (χ4n) is 2.50. The van der Waals surface area contributed by atoms with E-state index >= 15 is 0 Å². The quantitative estimate of drug-likeness (QED) is 0.411. The van der Waals surface area contributed by atoms with Crippen LogP contribution in [0.4, 0.5) is 0 Å². The average molecular weight is 433 g/mol. The lowest BCUT2D eigenvalue weighted by Gasteiger charge is -2.21. The normalized spacial score (nSPS) is 16.0. The van der Waals surface area contributed by atoms with E-state index < -0.39 is 6.10 Å². The highest BCUT2D eigenvalue weighted by Gasteiger charge is 2.16. The number of hydrogen-bond acceptors (Lipinski definition) is 3. The molecule has 1 fully saturated rings. The molecule has 1 aliphatic heterocycles. The first kappa shape index (κ1) is 20.0. The maximum atomic E-state index is 10.1. The van der Waals surface area contributed by atoms with Crippen molar-refractivity contribution in [3.05, 3.63) is 29.8 Å². The molecule has 130 valence electrons. The summed E-state index contributed by atoms with van der Waals surface area (Å²) in [4.78, 5) is 6.77. The number of ether oxygens (including phenoxy) is 1. The van der Waals surface area contributed by atoms with Crippen molar-refractivity contribution in [2.75, 3.05) is 32.8 Å². The standard InChI is InChI=1S/C17H27N3O2.HI/c1-3-18-17(20-9-4-5-10-20)19-12-15(21)13-22-16-8-6-7-14(2)11-16;/h6-8,11,15,21H,3-5,9-10,12-13H2,1-2H3,(H,18,19);1H. The lowest BCUT2D eigenvalue weighted by atomic mass is 10.2. The molecule has 1 aromatic carbocycles. The predicted octanol–water partition coefficient (Wildman–Crippen LogP) is 2.41. The minimum absolute atomic E-state index is 0. The van der Waals surface area contributed by atoms with E-state index in [9.17, 15) is 5.11 Å². The van der Waals surface area contributed by atoms with Gasteiger partial charge in [0.05, 0.1) is 6.54 Å². The third kappa shape index (κ3) is 6.95. The molecule has 0 aliphatic carbocycles. The second kappa shape index (κ2) is 10.7. The Morgan fingerprint density at radius 2 is 2.13 bits per heavy atom. The molecule has 0 aromatic heterocycles. The van der Waals surface area contributed by atoms with E-state index in [0.29, 0.717) is 6.54 Å². The SMILES string of the molecule is CCNC(=NCC(O)COc1cccc(C)c1)N1CCCC1.I. The number of hydrogen-bond donors (Lipinski definition) is 2. The van der Waals surface area contributed by atoms with E-state index in [2.05, 4.69) is 22.1 Å². The molecule has 2 N–H and O–H groups in total. The second-order valence-corrected chi connectivity index (χ2v) is 5.67. The zero-order valence-electron chi connectivity index (χ0n) is 14.0. The summed E-state index contributed by atoms with van der Waals surface area (Å²) in [7, 11) is 0. The Morgan fingerprint density at radius 1 is 1.39 bits per heavy atom. The summed E-state index contributed by atoms with van der Waals surface area (Å²) in [5.41, 5.74) is 1.15. The largest absolute Gasteiger partial charge is 0.491 e. The Balaban J connectivity index is 0.00000264. The Bertz CT molecular complexity index is 490. The number of aliphatic hydroxyl groups is 1. The third-order valence-corrected chi connectivity index (χ3v) is 3.62. The van der Waals surface area contributed by atoms with Gasteiger partial charge < -0.3 is 20.1 Å². The lowest BCUT2D eigenvalue weighted by molar-refractivity contribution is 0.114. The molecule has 1 heterocycles. The molecule has 0 saturated carbocycles. The number of aliphatic imine (C=N–C) groups is 1. The summed E-state index contributed by atoms with van der Waals surface area (Å²) in [5, 5.41) is 13.3. The molecule has 1 saturated heterocycles. The van der Waals surface area contributed by atoms with Crippen LogP contribution >= 0.6 is 24.0 Å². The molecule has 2 rings (SSSR count). The summed E-state index contributed by atoms with van der Waals surface area (Å²) in [6, 6.07) is 7.83. The minimum Gasteiger partial charge on any atom is -0.491 e. The summed E-state index contributed by atoms with van der Waals surface area (Å²) in [6.07, 6.45) is 1.82. The van der Waals surface area contributed by atoms with Crippen LogP contribution in [0, 0.1) is 6.92 Å². The van der Waals surface area contributed by atoms with Crippen LogP contribution in [-0.2, 0) is 0 Å². The Morgan fingerprint density at radius 3 is 2.78 bits per heavy atom. The van der Waals surface area contributed by atoms with Gasteiger partial charge in [0.15, 0.2) is 5.96 Å². The number of rotatable bonds is 6. The number of benzene rings is 1. The van der Waals surface area contributed by atoms with Crippen LogP contribution in [0.1, 0.15) is 25.3 Å². The van der Waals surface area contributed by atoms with Gasteiger partial charge in [0, 0.05) is 19.6 Å². The molecule has 0 spiro atoms. The number of aryl methyl sites for hydroxylation is 1. The molecule has 1 atom stereocenters. The number of nitrogens with one attached hydrogen (secondary N) is 1. The topological polar surface area (TPSA) is 57.1 Å². The lowest BCUT2D eigenvalue weighted by Crippen LogP contribution is -2.40. The van der Waals surface area contributed by atoms with Crippen LogP contribution in [0.25, 0.3) is 0 Å². The van der Waals surface area contributed by atoms with Crippen molar-refractivity contribution in [2.24, 2.45) is 4.99 Å². The Labute approximate surface area is 156 Å². The summed E-state index contributed by atoms with van der Waals surface area (Å²) in [6.45, 7) is 7.61. The fraction of sp³-hybridized carbons (Fsp3) is 0.588. The van der Waals surface area contributed by atoms with Crippen LogP contribution in [0.3, 0.4) is 0 Å². The van der Waals surface area contributed by atoms with Gasteiger partial charge in [-0.15, -0.1) is 24.0 Å². The van der Waals surface area contributed by atoms with Crippen molar-refractivity contribution < 1.29 is 9.84 Å². The van der Waals surface area contributed by atoms with E-state index in [1.807, 2.05) is 31.2 Å². The van der Waals surface area contributed by atoms with E-state index in [0.717, 1.165) is 36.9 Å². The van der Waals surface area contributed by atoms with Crippen molar-refractivity contribution in [1.29, 1.82) is 0 Å². The van der Waals surface area contributed by atoms with Gasteiger partial charge in [0.25, 0.3) is 0 Å². The monoisotopic (exact) mass is 433 g/mol. The molecule has 6 heteroatoms. The van der Waals surface area contributed by atoms with Crippen molar-refractivity contribution >= 4 is 29.9 Å². The van der Waals surface area contributed by atoms with Crippen LogP contribution in [0.5, 0.6) is 5.75 Å². The molecule has 1 aromatic rings. The minimum atomic E-state index is -0.600. The summed E-state index contributed by atoms with van der Waals surface area (Å²) >= 11 is 0. The van der Waals surface area contributed by atoms with Crippen LogP contribution in [0.2, 0.25) is 0 Å². The Kier molecular flexibility index (Phi) is 9.31. The average Bonchev–Trinajstić information content (AvgIpc) is 3.03. The first-order valence-corrected chi connectivity index (χ1v) is 8.10.